The molecule has 0 aromatic heterocycles. The fraction of sp³-hybridized carbons (Fsp3) is 0.462. The molecule has 3 nitrogen and oxygen atoms in total. The van der Waals surface area contributed by atoms with E-state index in [1.807, 2.05) is 0 Å². The van der Waals surface area contributed by atoms with Gasteiger partial charge in [0.1, 0.15) is 11.6 Å². The van der Waals surface area contributed by atoms with E-state index < -0.39 is 17.2 Å². The Morgan fingerprint density at radius 3 is 2.56 bits per heavy atom. The Kier molecular flexibility index (Phi) is 3.61. The van der Waals surface area contributed by atoms with E-state index in [0.29, 0.717) is 28.6 Å². The van der Waals surface area contributed by atoms with Crippen molar-refractivity contribution in [1.82, 2.24) is 0 Å². The summed E-state index contributed by atoms with van der Waals surface area (Å²) in [5.41, 5.74) is -0.586. The van der Waals surface area contributed by atoms with Crippen LogP contribution < -0.4 is 4.74 Å². The Morgan fingerprint density at radius 2 is 2.06 bits per heavy atom. The first-order valence-corrected chi connectivity index (χ1v) is 6.57. The highest BCUT2D eigenvalue weighted by atomic mass is 79.9. The summed E-state index contributed by atoms with van der Waals surface area (Å²) >= 11 is 3.22. The number of hydrogen-bond acceptors (Lipinski definition) is 2. The SMILES string of the molecule is COc1c(Br)cc(F)cc1C1(C(=O)O)CCCC1. The number of ether oxygens (including phenoxy) is 1. The number of halogens is 2. The molecule has 1 N–H and O–H groups in total. The lowest BCUT2D eigenvalue weighted by atomic mass is 9.78. The van der Waals surface area contributed by atoms with E-state index in [1.54, 1.807) is 0 Å². The van der Waals surface area contributed by atoms with Crippen molar-refractivity contribution in [2.45, 2.75) is 31.1 Å². The minimum Gasteiger partial charge on any atom is -0.495 e. The molecule has 2 rings (SSSR count). The third-order valence-corrected chi connectivity index (χ3v) is 4.18. The van der Waals surface area contributed by atoms with Crippen molar-refractivity contribution in [2.75, 3.05) is 7.11 Å². The predicted octanol–water partition coefficient (Wildman–Crippen LogP) is 3.49. The molecule has 0 bridgehead atoms. The van der Waals surface area contributed by atoms with E-state index in [4.69, 9.17) is 4.74 Å². The third kappa shape index (κ3) is 2.00. The molecule has 1 aliphatic carbocycles. The molecule has 1 aromatic rings. The summed E-state index contributed by atoms with van der Waals surface area (Å²) in [7, 11) is 1.46. The lowest BCUT2D eigenvalue weighted by Gasteiger charge is -2.26. The van der Waals surface area contributed by atoms with Crippen molar-refractivity contribution in [2.24, 2.45) is 0 Å². The monoisotopic (exact) mass is 316 g/mol. The molecule has 0 radical (unpaired) electrons. The molecule has 0 saturated heterocycles. The van der Waals surface area contributed by atoms with E-state index in [1.165, 1.54) is 19.2 Å². The van der Waals surface area contributed by atoms with Crippen molar-refractivity contribution in [3.63, 3.8) is 0 Å². The zero-order chi connectivity index (χ0) is 13.3. The van der Waals surface area contributed by atoms with Gasteiger partial charge in [0, 0.05) is 5.56 Å². The number of carboxylic acids is 1. The Hall–Kier alpha value is -1.10. The summed E-state index contributed by atoms with van der Waals surface area (Å²) in [5, 5.41) is 9.53. The lowest BCUT2D eigenvalue weighted by molar-refractivity contribution is -0.143. The van der Waals surface area contributed by atoms with E-state index in [-0.39, 0.29) is 0 Å². The minimum absolute atomic E-state index is 0.417. The van der Waals surface area contributed by atoms with Crippen LogP contribution >= 0.6 is 15.9 Å². The summed E-state index contributed by atoms with van der Waals surface area (Å²) in [6.07, 6.45) is 2.72. The molecule has 0 atom stereocenters. The van der Waals surface area contributed by atoms with Gasteiger partial charge in [-0.1, -0.05) is 12.8 Å². The summed E-state index contributed by atoms with van der Waals surface area (Å²) in [6, 6.07) is 2.57. The van der Waals surface area contributed by atoms with E-state index in [9.17, 15) is 14.3 Å². The number of hydrogen-bond donors (Lipinski definition) is 1. The molecular formula is C13H14BrFO3. The molecule has 0 spiro atoms. The molecule has 1 aliphatic rings. The topological polar surface area (TPSA) is 46.5 Å². The zero-order valence-corrected chi connectivity index (χ0v) is 11.6. The van der Waals surface area contributed by atoms with Gasteiger partial charge >= 0.3 is 5.97 Å². The van der Waals surface area contributed by atoms with Crippen molar-refractivity contribution >= 4 is 21.9 Å². The lowest BCUT2D eigenvalue weighted by Crippen LogP contribution is -2.33. The predicted molar refractivity (Wildman–Crippen MR) is 68.4 cm³/mol. The smallest absolute Gasteiger partial charge is 0.314 e. The highest BCUT2D eigenvalue weighted by Crippen LogP contribution is 2.47. The van der Waals surface area contributed by atoms with E-state index in [2.05, 4.69) is 15.9 Å². The number of benzene rings is 1. The van der Waals surface area contributed by atoms with Crippen LogP contribution in [0.15, 0.2) is 16.6 Å². The molecule has 0 unspecified atom stereocenters. The standard InChI is InChI=1S/C13H14BrFO3/c1-18-11-9(6-8(15)7-10(11)14)13(12(16)17)4-2-3-5-13/h6-7H,2-5H2,1H3,(H,16,17). The van der Waals surface area contributed by atoms with Crippen LogP contribution in [0, 0.1) is 5.82 Å². The van der Waals surface area contributed by atoms with E-state index in [0.717, 1.165) is 12.8 Å². The number of aliphatic carboxylic acids is 1. The molecule has 0 aliphatic heterocycles. The van der Waals surface area contributed by atoms with Gasteiger partial charge in [0.05, 0.1) is 17.0 Å². The molecule has 18 heavy (non-hydrogen) atoms. The maximum atomic E-state index is 13.6. The van der Waals surface area contributed by atoms with Crippen LogP contribution in [0.1, 0.15) is 31.2 Å². The highest BCUT2D eigenvalue weighted by molar-refractivity contribution is 9.10. The van der Waals surface area contributed by atoms with Gasteiger partial charge < -0.3 is 9.84 Å². The second kappa shape index (κ2) is 4.88. The van der Waals surface area contributed by atoms with Crippen LogP contribution in [0.5, 0.6) is 5.75 Å². The normalized spacial score (nSPS) is 17.7. The molecule has 1 fully saturated rings. The van der Waals surface area contributed by atoms with Gasteiger partial charge in [-0.3, -0.25) is 4.79 Å². The molecular weight excluding hydrogens is 303 g/mol. The first kappa shape index (κ1) is 13.3. The summed E-state index contributed by atoms with van der Waals surface area (Å²) < 4.78 is 19.2. The van der Waals surface area contributed by atoms with Crippen molar-refractivity contribution < 1.29 is 19.0 Å². The molecule has 0 amide bonds. The number of methoxy groups -OCH3 is 1. The molecule has 5 heteroatoms. The maximum Gasteiger partial charge on any atom is 0.314 e. The molecule has 98 valence electrons. The Morgan fingerprint density at radius 1 is 1.44 bits per heavy atom. The number of rotatable bonds is 3. The van der Waals surface area contributed by atoms with E-state index >= 15 is 0 Å². The first-order valence-electron chi connectivity index (χ1n) is 5.78. The fourth-order valence-corrected chi connectivity index (χ4v) is 3.29. The summed E-state index contributed by atoms with van der Waals surface area (Å²) in [5.74, 6) is -0.943. The second-order valence-electron chi connectivity index (χ2n) is 4.56. The summed E-state index contributed by atoms with van der Waals surface area (Å²) in [4.78, 5) is 11.6. The molecule has 1 saturated carbocycles. The van der Waals surface area contributed by atoms with Gasteiger partial charge in [-0.2, -0.15) is 0 Å². The van der Waals surface area contributed by atoms with Gasteiger partial charge in [-0.15, -0.1) is 0 Å². The van der Waals surface area contributed by atoms with Crippen molar-refractivity contribution in [1.29, 1.82) is 0 Å². The largest absolute Gasteiger partial charge is 0.495 e. The highest BCUT2D eigenvalue weighted by Gasteiger charge is 2.45. The fourth-order valence-electron chi connectivity index (χ4n) is 2.70. The Labute approximate surface area is 113 Å². The van der Waals surface area contributed by atoms with Crippen LogP contribution in [-0.4, -0.2) is 18.2 Å². The van der Waals surface area contributed by atoms with Gasteiger partial charge in [-0.05, 0) is 40.9 Å². The van der Waals surface area contributed by atoms with Crippen LogP contribution in [0.25, 0.3) is 0 Å². The second-order valence-corrected chi connectivity index (χ2v) is 5.42. The average molecular weight is 317 g/mol. The molecule has 0 heterocycles. The van der Waals surface area contributed by atoms with Crippen LogP contribution in [0.2, 0.25) is 0 Å². The van der Waals surface area contributed by atoms with Gasteiger partial charge in [0.15, 0.2) is 0 Å². The first-order chi connectivity index (χ1) is 8.51. The van der Waals surface area contributed by atoms with Crippen LogP contribution in [-0.2, 0) is 10.2 Å². The average Bonchev–Trinajstić information content (AvgIpc) is 2.78. The number of carbonyl (C=O) groups is 1. The van der Waals surface area contributed by atoms with Crippen LogP contribution in [0.4, 0.5) is 4.39 Å². The third-order valence-electron chi connectivity index (χ3n) is 3.59. The van der Waals surface area contributed by atoms with Crippen LogP contribution in [0.3, 0.4) is 0 Å². The van der Waals surface area contributed by atoms with Gasteiger partial charge in [-0.25, -0.2) is 4.39 Å². The van der Waals surface area contributed by atoms with Crippen molar-refractivity contribution in [3.05, 3.63) is 28.0 Å². The zero-order valence-electron chi connectivity index (χ0n) is 10.0. The molecule has 1 aromatic carbocycles. The van der Waals surface area contributed by atoms with Gasteiger partial charge in [0.25, 0.3) is 0 Å². The maximum absolute atomic E-state index is 13.6. The van der Waals surface area contributed by atoms with Gasteiger partial charge in [0.2, 0.25) is 0 Å². The Balaban J connectivity index is 2.64. The minimum atomic E-state index is -1.02. The van der Waals surface area contributed by atoms with Crippen molar-refractivity contribution in [3.8, 4) is 5.75 Å². The Bertz CT molecular complexity index is 481. The summed E-state index contributed by atoms with van der Waals surface area (Å²) in [6.45, 7) is 0. The quantitative estimate of drug-likeness (QED) is 0.928. The number of carboxylic acid groups (broad SMARTS) is 1.